The van der Waals surface area contributed by atoms with E-state index in [2.05, 4.69) is 5.32 Å². The molecule has 0 aliphatic carbocycles. The first-order valence-electron chi connectivity index (χ1n) is 12.6. The van der Waals surface area contributed by atoms with Crippen molar-refractivity contribution in [2.45, 2.75) is 46.7 Å². The maximum Gasteiger partial charge on any atom is 0.254 e. The first-order valence-corrected chi connectivity index (χ1v) is 12.6. The van der Waals surface area contributed by atoms with Gasteiger partial charge >= 0.3 is 0 Å². The Balaban J connectivity index is 1.99. The molecule has 0 fully saturated rings. The van der Waals surface area contributed by atoms with Gasteiger partial charge in [0.2, 0.25) is 5.91 Å². The molecule has 2 amide bonds. The lowest BCUT2D eigenvalue weighted by molar-refractivity contribution is -0.117. The Labute approximate surface area is 221 Å². The summed E-state index contributed by atoms with van der Waals surface area (Å²) in [4.78, 5) is 30.4. The Kier molecular flexibility index (Phi) is 8.98. The Morgan fingerprint density at radius 2 is 1.59 bits per heavy atom. The number of hydrogen-bond donors (Lipinski definition) is 1. The number of nitrogens with one attached hydrogen (secondary N) is 1. The molecule has 0 saturated carbocycles. The quantitative estimate of drug-likeness (QED) is 0.362. The van der Waals surface area contributed by atoms with Gasteiger partial charge in [0.15, 0.2) is 0 Å². The molecule has 0 aromatic heterocycles. The lowest BCUT2D eigenvalue weighted by Crippen LogP contribution is -2.33. The minimum atomic E-state index is -0.176. The van der Waals surface area contributed by atoms with Gasteiger partial charge in [0.25, 0.3) is 5.91 Å². The molecule has 1 atom stereocenters. The number of methoxy groups -OCH3 is 1. The number of anilines is 2. The van der Waals surface area contributed by atoms with Crippen LogP contribution in [0.1, 0.15) is 61.6 Å². The number of amides is 2. The Morgan fingerprint density at radius 3 is 2.16 bits per heavy atom. The van der Waals surface area contributed by atoms with E-state index in [4.69, 9.17) is 4.74 Å². The van der Waals surface area contributed by atoms with Gasteiger partial charge in [0.05, 0.1) is 13.2 Å². The van der Waals surface area contributed by atoms with Crippen LogP contribution in [0.2, 0.25) is 0 Å². The molecule has 0 radical (unpaired) electrons. The number of ether oxygens (including phenoxy) is 1. The van der Waals surface area contributed by atoms with Crippen LogP contribution in [0.15, 0.2) is 72.8 Å². The van der Waals surface area contributed by atoms with Gasteiger partial charge in [-0.25, -0.2) is 0 Å². The van der Waals surface area contributed by atoms with Crippen molar-refractivity contribution in [2.75, 3.05) is 31.4 Å². The van der Waals surface area contributed by atoms with E-state index in [0.29, 0.717) is 24.3 Å². The van der Waals surface area contributed by atoms with Crippen molar-refractivity contribution >= 4 is 23.2 Å². The molecule has 3 aromatic rings. The number of nitrogens with zero attached hydrogens (tertiary/aromatic N) is 2. The van der Waals surface area contributed by atoms with Crippen LogP contribution in [0, 0.1) is 5.41 Å². The van der Waals surface area contributed by atoms with Gasteiger partial charge in [-0.3, -0.25) is 9.59 Å². The Bertz CT molecular complexity index is 1200. The summed E-state index contributed by atoms with van der Waals surface area (Å²) >= 11 is 0. The van der Waals surface area contributed by atoms with Gasteiger partial charge in [0.1, 0.15) is 5.75 Å². The number of rotatable bonds is 9. The van der Waals surface area contributed by atoms with Crippen molar-refractivity contribution < 1.29 is 14.3 Å². The standard InChI is InChI=1S/C31H39N3O3/c1-22(23-11-9-8-10-12-23)34(30(36)24-13-16-27(37-7)17-14-24)21-25-19-26(15-18-28(25)33(5)6)32-29(35)20-31(2,3)4/h8-19,22H,20-21H2,1-7H3,(H,32,35)/t22-/m1/s1. The normalized spacial score (nSPS) is 12.0. The molecule has 0 unspecified atom stereocenters. The summed E-state index contributed by atoms with van der Waals surface area (Å²) in [5.41, 5.74) is 4.18. The molecule has 37 heavy (non-hydrogen) atoms. The molecule has 3 aromatic carbocycles. The van der Waals surface area contributed by atoms with Crippen molar-refractivity contribution in [3.8, 4) is 5.75 Å². The van der Waals surface area contributed by atoms with E-state index in [-0.39, 0.29) is 23.3 Å². The van der Waals surface area contributed by atoms with Crippen molar-refractivity contribution in [1.29, 1.82) is 0 Å². The largest absolute Gasteiger partial charge is 0.497 e. The fourth-order valence-corrected chi connectivity index (χ4v) is 4.29. The fraction of sp³-hybridized carbons (Fsp3) is 0.355. The molecule has 0 aliphatic rings. The molecule has 196 valence electrons. The van der Waals surface area contributed by atoms with Crippen molar-refractivity contribution in [1.82, 2.24) is 4.90 Å². The van der Waals surface area contributed by atoms with Gasteiger partial charge in [-0.15, -0.1) is 0 Å². The minimum absolute atomic E-state index is 0.0279. The second kappa shape index (κ2) is 12.0. The average molecular weight is 502 g/mol. The number of hydrogen-bond acceptors (Lipinski definition) is 4. The molecule has 3 rings (SSSR count). The minimum Gasteiger partial charge on any atom is -0.497 e. The number of carbonyl (C=O) groups excluding carboxylic acids is 2. The molecule has 0 heterocycles. The maximum atomic E-state index is 13.9. The summed E-state index contributed by atoms with van der Waals surface area (Å²) in [7, 11) is 5.57. The lowest BCUT2D eigenvalue weighted by atomic mass is 9.92. The Morgan fingerprint density at radius 1 is 0.946 bits per heavy atom. The van der Waals surface area contributed by atoms with Crippen LogP contribution >= 0.6 is 0 Å². The topological polar surface area (TPSA) is 61.9 Å². The lowest BCUT2D eigenvalue weighted by Gasteiger charge is -2.32. The molecule has 6 heteroatoms. The predicted molar refractivity (Wildman–Crippen MR) is 151 cm³/mol. The second-order valence-electron chi connectivity index (χ2n) is 10.8. The van der Waals surface area contributed by atoms with E-state index in [1.54, 1.807) is 31.4 Å². The van der Waals surface area contributed by atoms with Gasteiger partial charge in [-0.2, -0.15) is 0 Å². The van der Waals surface area contributed by atoms with Gasteiger partial charge in [-0.05, 0) is 65.9 Å². The monoisotopic (exact) mass is 501 g/mol. The molecular formula is C31H39N3O3. The summed E-state index contributed by atoms with van der Waals surface area (Å²) in [6.45, 7) is 8.54. The van der Waals surface area contributed by atoms with Crippen molar-refractivity contribution in [3.63, 3.8) is 0 Å². The highest BCUT2D eigenvalue weighted by Crippen LogP contribution is 2.30. The first-order chi connectivity index (χ1) is 17.5. The zero-order valence-electron chi connectivity index (χ0n) is 23.0. The zero-order chi connectivity index (χ0) is 27.2. The highest BCUT2D eigenvalue weighted by Gasteiger charge is 2.25. The van der Waals surface area contributed by atoms with Crippen molar-refractivity contribution in [2.24, 2.45) is 5.41 Å². The van der Waals surface area contributed by atoms with E-state index < -0.39 is 0 Å². The van der Waals surface area contributed by atoms with Gasteiger partial charge < -0.3 is 19.9 Å². The second-order valence-corrected chi connectivity index (χ2v) is 10.8. The molecule has 0 spiro atoms. The van der Waals surface area contributed by atoms with E-state index >= 15 is 0 Å². The van der Waals surface area contributed by atoms with E-state index in [9.17, 15) is 9.59 Å². The zero-order valence-corrected chi connectivity index (χ0v) is 23.0. The third-order valence-electron chi connectivity index (χ3n) is 6.22. The molecule has 0 bridgehead atoms. The highest BCUT2D eigenvalue weighted by molar-refractivity contribution is 5.95. The van der Waals surface area contributed by atoms with Crippen LogP contribution in [-0.2, 0) is 11.3 Å². The van der Waals surface area contributed by atoms with Crippen LogP contribution in [0.5, 0.6) is 5.75 Å². The summed E-state index contributed by atoms with van der Waals surface area (Å²) in [6, 6.07) is 22.9. The first kappa shape index (κ1) is 27.8. The van der Waals surface area contributed by atoms with Crippen molar-refractivity contribution in [3.05, 3.63) is 89.5 Å². The smallest absolute Gasteiger partial charge is 0.254 e. The van der Waals surface area contributed by atoms with E-state index in [0.717, 1.165) is 22.5 Å². The molecule has 1 N–H and O–H groups in total. The van der Waals surface area contributed by atoms with Crippen LogP contribution in [0.3, 0.4) is 0 Å². The Hall–Kier alpha value is -3.80. The summed E-state index contributed by atoms with van der Waals surface area (Å²) in [5, 5.41) is 3.04. The highest BCUT2D eigenvalue weighted by atomic mass is 16.5. The number of carbonyl (C=O) groups is 2. The van der Waals surface area contributed by atoms with Gasteiger partial charge in [-0.1, -0.05) is 51.1 Å². The van der Waals surface area contributed by atoms with Crippen LogP contribution in [-0.4, -0.2) is 37.9 Å². The van der Waals surface area contributed by atoms with Crippen LogP contribution < -0.4 is 15.0 Å². The summed E-state index contributed by atoms with van der Waals surface area (Å²) in [6.07, 6.45) is 0.422. The summed E-state index contributed by atoms with van der Waals surface area (Å²) < 4.78 is 5.27. The van der Waals surface area contributed by atoms with Crippen LogP contribution in [0.4, 0.5) is 11.4 Å². The number of benzene rings is 3. The maximum absolute atomic E-state index is 13.9. The average Bonchev–Trinajstić information content (AvgIpc) is 2.86. The third kappa shape index (κ3) is 7.59. The molecular weight excluding hydrogens is 462 g/mol. The molecule has 0 aliphatic heterocycles. The summed E-state index contributed by atoms with van der Waals surface area (Å²) in [5.74, 6) is 0.596. The third-order valence-corrected chi connectivity index (χ3v) is 6.22. The van der Waals surface area contributed by atoms with E-state index in [1.165, 1.54) is 0 Å². The molecule has 0 saturated heterocycles. The fourth-order valence-electron chi connectivity index (χ4n) is 4.29. The van der Waals surface area contributed by atoms with Gasteiger partial charge in [0, 0.05) is 44.0 Å². The molecule has 6 nitrogen and oxygen atoms in total. The van der Waals surface area contributed by atoms with Crippen LogP contribution in [0.25, 0.3) is 0 Å². The van der Waals surface area contributed by atoms with E-state index in [1.807, 2.05) is 100 Å². The predicted octanol–water partition coefficient (Wildman–Crippen LogP) is 6.54. The SMILES string of the molecule is COc1ccc(C(=O)N(Cc2cc(NC(=O)CC(C)(C)C)ccc2N(C)C)[C@H](C)c2ccccc2)cc1.